The Hall–Kier alpha value is -0.120. The zero-order chi connectivity index (χ0) is 13.5. The maximum Gasteiger partial charge on any atom is 0.0826 e. The molecule has 1 heterocycles. The predicted molar refractivity (Wildman–Crippen MR) is 80.5 cm³/mol. The number of hydrogen-bond acceptors (Lipinski definition) is 3. The molecule has 0 aromatic heterocycles. The quantitative estimate of drug-likeness (QED) is 0.749. The number of likely N-dealkylation sites (N-methyl/N-ethyl adjacent to an activating group) is 1. The number of nitrogens with zero attached hydrogens (tertiary/aromatic N) is 1. The van der Waals surface area contributed by atoms with Gasteiger partial charge in [-0.05, 0) is 37.8 Å². The van der Waals surface area contributed by atoms with Crippen LogP contribution in [0.3, 0.4) is 0 Å². The number of ether oxygens (including phenoxy) is 1. The first-order valence-electron chi connectivity index (χ1n) is 8.32. The molecule has 1 saturated heterocycles. The van der Waals surface area contributed by atoms with Crippen LogP contribution in [0.2, 0.25) is 0 Å². The lowest BCUT2D eigenvalue weighted by atomic mass is 9.81. The third-order valence-electron chi connectivity index (χ3n) is 4.82. The first-order valence-corrected chi connectivity index (χ1v) is 8.32. The lowest BCUT2D eigenvalue weighted by molar-refractivity contribution is -0.0253. The Morgan fingerprint density at radius 1 is 1.32 bits per heavy atom. The number of morpholine rings is 1. The van der Waals surface area contributed by atoms with Gasteiger partial charge in [-0.25, -0.2) is 0 Å². The summed E-state index contributed by atoms with van der Waals surface area (Å²) in [5.74, 6) is 1.93. The predicted octanol–water partition coefficient (Wildman–Crippen LogP) is 2.51. The van der Waals surface area contributed by atoms with E-state index >= 15 is 0 Å². The highest BCUT2D eigenvalue weighted by Crippen LogP contribution is 2.30. The number of nitrogens with one attached hydrogen (secondary N) is 1. The molecule has 3 atom stereocenters. The van der Waals surface area contributed by atoms with Crippen LogP contribution in [-0.4, -0.2) is 50.3 Å². The Labute approximate surface area is 119 Å². The van der Waals surface area contributed by atoms with Gasteiger partial charge in [-0.1, -0.05) is 33.1 Å². The summed E-state index contributed by atoms with van der Waals surface area (Å²) < 4.78 is 5.81. The number of rotatable bonds is 6. The van der Waals surface area contributed by atoms with Crippen LogP contribution in [0.15, 0.2) is 0 Å². The molecule has 0 aromatic carbocycles. The summed E-state index contributed by atoms with van der Waals surface area (Å²) in [4.78, 5) is 2.48. The molecule has 1 saturated carbocycles. The smallest absolute Gasteiger partial charge is 0.0826 e. The third kappa shape index (κ3) is 5.41. The topological polar surface area (TPSA) is 24.5 Å². The van der Waals surface area contributed by atoms with Gasteiger partial charge in [0, 0.05) is 19.6 Å². The monoisotopic (exact) mass is 268 g/mol. The van der Waals surface area contributed by atoms with E-state index in [1.54, 1.807) is 0 Å². The molecule has 0 aromatic rings. The Bertz CT molecular complexity index is 247. The average molecular weight is 268 g/mol. The SMILES string of the molecule is CCN1CCOC(CNCCC2CCCC(C)C2)C1. The normalized spacial score (nSPS) is 33.5. The summed E-state index contributed by atoms with van der Waals surface area (Å²) in [6.07, 6.45) is 7.56. The summed E-state index contributed by atoms with van der Waals surface area (Å²) in [5, 5.41) is 3.61. The van der Waals surface area contributed by atoms with Crippen LogP contribution < -0.4 is 5.32 Å². The Morgan fingerprint density at radius 2 is 2.21 bits per heavy atom. The van der Waals surface area contributed by atoms with E-state index < -0.39 is 0 Å². The van der Waals surface area contributed by atoms with E-state index in [9.17, 15) is 0 Å². The molecule has 3 unspecified atom stereocenters. The maximum absolute atomic E-state index is 5.81. The molecule has 0 spiro atoms. The van der Waals surface area contributed by atoms with Crippen molar-refractivity contribution in [3.05, 3.63) is 0 Å². The van der Waals surface area contributed by atoms with E-state index in [0.717, 1.165) is 44.6 Å². The number of hydrogen-bond donors (Lipinski definition) is 1. The summed E-state index contributed by atoms with van der Waals surface area (Å²) in [7, 11) is 0. The van der Waals surface area contributed by atoms with Crippen LogP contribution in [0.5, 0.6) is 0 Å². The molecular weight excluding hydrogens is 236 g/mol. The molecule has 3 nitrogen and oxygen atoms in total. The summed E-state index contributed by atoms with van der Waals surface area (Å²) in [6.45, 7) is 11.1. The van der Waals surface area contributed by atoms with Crippen LogP contribution in [0, 0.1) is 11.8 Å². The molecular formula is C16H32N2O. The van der Waals surface area contributed by atoms with Crippen molar-refractivity contribution < 1.29 is 4.74 Å². The van der Waals surface area contributed by atoms with Crippen LogP contribution in [-0.2, 0) is 4.74 Å². The minimum Gasteiger partial charge on any atom is -0.374 e. The van der Waals surface area contributed by atoms with E-state index in [2.05, 4.69) is 24.1 Å². The van der Waals surface area contributed by atoms with Gasteiger partial charge in [0.15, 0.2) is 0 Å². The molecule has 19 heavy (non-hydrogen) atoms. The second-order valence-electron chi connectivity index (χ2n) is 6.52. The molecule has 112 valence electrons. The van der Waals surface area contributed by atoms with E-state index in [-0.39, 0.29) is 0 Å². The lowest BCUT2D eigenvalue weighted by Crippen LogP contribution is -2.46. The molecule has 2 fully saturated rings. The van der Waals surface area contributed by atoms with Gasteiger partial charge in [-0.15, -0.1) is 0 Å². The van der Waals surface area contributed by atoms with Gasteiger partial charge in [0.25, 0.3) is 0 Å². The third-order valence-corrected chi connectivity index (χ3v) is 4.82. The van der Waals surface area contributed by atoms with Crippen molar-refractivity contribution in [2.45, 2.75) is 52.1 Å². The second kappa shape index (κ2) is 8.23. The molecule has 0 amide bonds. The minimum atomic E-state index is 0.402. The van der Waals surface area contributed by atoms with Gasteiger partial charge in [-0.3, -0.25) is 4.90 Å². The fourth-order valence-electron chi connectivity index (χ4n) is 3.58. The Kier molecular flexibility index (Phi) is 6.62. The molecule has 2 aliphatic rings. The first kappa shape index (κ1) is 15.3. The van der Waals surface area contributed by atoms with Crippen molar-refractivity contribution in [2.75, 3.05) is 39.3 Å². The van der Waals surface area contributed by atoms with Crippen molar-refractivity contribution in [1.29, 1.82) is 0 Å². The minimum absolute atomic E-state index is 0.402. The van der Waals surface area contributed by atoms with Crippen molar-refractivity contribution in [1.82, 2.24) is 10.2 Å². The standard InChI is InChI=1S/C16H32N2O/c1-3-18-9-10-19-16(13-18)12-17-8-7-15-6-4-5-14(2)11-15/h14-17H,3-13H2,1-2H3. The van der Waals surface area contributed by atoms with Crippen LogP contribution in [0.25, 0.3) is 0 Å². The molecule has 3 heteroatoms. The fraction of sp³-hybridized carbons (Fsp3) is 1.00. The van der Waals surface area contributed by atoms with Gasteiger partial charge in [0.05, 0.1) is 12.7 Å². The Balaban J connectivity index is 1.54. The first-order chi connectivity index (χ1) is 9.28. The van der Waals surface area contributed by atoms with E-state index in [0.29, 0.717) is 6.10 Å². The van der Waals surface area contributed by atoms with Crippen molar-refractivity contribution in [2.24, 2.45) is 11.8 Å². The van der Waals surface area contributed by atoms with Crippen molar-refractivity contribution in [3.63, 3.8) is 0 Å². The van der Waals surface area contributed by atoms with Gasteiger partial charge < -0.3 is 10.1 Å². The maximum atomic E-state index is 5.81. The molecule has 1 aliphatic carbocycles. The van der Waals surface area contributed by atoms with E-state index in [4.69, 9.17) is 4.74 Å². The zero-order valence-corrected chi connectivity index (χ0v) is 12.9. The van der Waals surface area contributed by atoms with Gasteiger partial charge in [0.2, 0.25) is 0 Å². The van der Waals surface area contributed by atoms with Crippen molar-refractivity contribution in [3.8, 4) is 0 Å². The largest absolute Gasteiger partial charge is 0.374 e. The summed E-state index contributed by atoms with van der Waals surface area (Å²) >= 11 is 0. The average Bonchev–Trinajstić information content (AvgIpc) is 2.44. The highest BCUT2D eigenvalue weighted by atomic mass is 16.5. The summed E-state index contributed by atoms with van der Waals surface area (Å²) in [5.41, 5.74) is 0. The molecule has 0 bridgehead atoms. The zero-order valence-electron chi connectivity index (χ0n) is 12.9. The van der Waals surface area contributed by atoms with Gasteiger partial charge in [0.1, 0.15) is 0 Å². The highest BCUT2D eigenvalue weighted by Gasteiger charge is 2.20. The van der Waals surface area contributed by atoms with Crippen LogP contribution >= 0.6 is 0 Å². The van der Waals surface area contributed by atoms with Crippen molar-refractivity contribution >= 4 is 0 Å². The molecule has 0 radical (unpaired) electrons. The van der Waals surface area contributed by atoms with Crippen LogP contribution in [0.1, 0.15) is 46.0 Å². The molecule has 1 aliphatic heterocycles. The lowest BCUT2D eigenvalue weighted by Gasteiger charge is -2.32. The van der Waals surface area contributed by atoms with Gasteiger partial charge >= 0.3 is 0 Å². The second-order valence-corrected chi connectivity index (χ2v) is 6.52. The van der Waals surface area contributed by atoms with Gasteiger partial charge in [-0.2, -0.15) is 0 Å². The molecule has 1 N–H and O–H groups in total. The van der Waals surface area contributed by atoms with Crippen LogP contribution in [0.4, 0.5) is 0 Å². The van der Waals surface area contributed by atoms with E-state index in [1.807, 2.05) is 0 Å². The Morgan fingerprint density at radius 3 is 3.00 bits per heavy atom. The highest BCUT2D eigenvalue weighted by molar-refractivity contribution is 4.74. The fourth-order valence-corrected chi connectivity index (χ4v) is 3.58. The molecule has 2 rings (SSSR count). The van der Waals surface area contributed by atoms with E-state index in [1.165, 1.54) is 38.6 Å². The summed E-state index contributed by atoms with van der Waals surface area (Å²) in [6, 6.07) is 0.